The average Bonchev–Trinajstić information content (AvgIpc) is 3.27. The SMILES string of the molecule is CC(C)NC(=O)c1ccccc1NC(=O)c1ccc(S(=O)(=O)NCCc2cccs2)cc1. The van der Waals surface area contributed by atoms with Crippen LogP contribution in [0.1, 0.15) is 39.4 Å². The topological polar surface area (TPSA) is 104 Å². The van der Waals surface area contributed by atoms with Crippen LogP contribution < -0.4 is 15.4 Å². The molecule has 0 saturated heterocycles. The number of amides is 2. The molecule has 7 nitrogen and oxygen atoms in total. The van der Waals surface area contributed by atoms with E-state index in [9.17, 15) is 18.0 Å². The first kappa shape index (κ1) is 23.6. The second kappa shape index (κ2) is 10.5. The fraction of sp³-hybridized carbons (Fsp3) is 0.217. The predicted molar refractivity (Wildman–Crippen MR) is 127 cm³/mol. The van der Waals surface area contributed by atoms with Crippen LogP contribution in [0.5, 0.6) is 0 Å². The molecule has 168 valence electrons. The van der Waals surface area contributed by atoms with E-state index in [-0.39, 0.29) is 22.4 Å². The Morgan fingerprint density at radius 3 is 2.31 bits per heavy atom. The normalized spacial score (nSPS) is 11.3. The van der Waals surface area contributed by atoms with Crippen LogP contribution in [0.2, 0.25) is 0 Å². The minimum Gasteiger partial charge on any atom is -0.350 e. The fourth-order valence-corrected chi connectivity index (χ4v) is 4.70. The minimum absolute atomic E-state index is 0.0420. The first-order valence-electron chi connectivity index (χ1n) is 10.1. The van der Waals surface area contributed by atoms with E-state index in [1.54, 1.807) is 35.6 Å². The molecule has 3 N–H and O–H groups in total. The van der Waals surface area contributed by atoms with Gasteiger partial charge in [-0.15, -0.1) is 11.3 Å². The van der Waals surface area contributed by atoms with Gasteiger partial charge < -0.3 is 10.6 Å². The van der Waals surface area contributed by atoms with E-state index < -0.39 is 15.9 Å². The van der Waals surface area contributed by atoms with E-state index >= 15 is 0 Å². The third kappa shape index (κ3) is 6.25. The molecule has 1 aromatic heterocycles. The summed E-state index contributed by atoms with van der Waals surface area (Å²) in [6.07, 6.45) is 0.612. The molecule has 0 saturated carbocycles. The van der Waals surface area contributed by atoms with Crippen molar-refractivity contribution >= 4 is 38.9 Å². The van der Waals surface area contributed by atoms with Gasteiger partial charge in [0.05, 0.1) is 16.1 Å². The van der Waals surface area contributed by atoms with E-state index in [4.69, 9.17) is 0 Å². The van der Waals surface area contributed by atoms with Gasteiger partial charge in [-0.3, -0.25) is 9.59 Å². The van der Waals surface area contributed by atoms with Crippen molar-refractivity contribution < 1.29 is 18.0 Å². The summed E-state index contributed by atoms with van der Waals surface area (Å²) in [7, 11) is -3.67. The molecule has 0 aliphatic rings. The molecule has 0 aliphatic heterocycles. The maximum atomic E-state index is 12.7. The fourth-order valence-electron chi connectivity index (χ4n) is 2.96. The highest BCUT2D eigenvalue weighted by molar-refractivity contribution is 7.89. The molecule has 32 heavy (non-hydrogen) atoms. The summed E-state index contributed by atoms with van der Waals surface area (Å²) >= 11 is 1.58. The van der Waals surface area contributed by atoms with Gasteiger partial charge in [0.2, 0.25) is 10.0 Å². The van der Waals surface area contributed by atoms with E-state index in [1.165, 1.54) is 24.3 Å². The number of carbonyl (C=O) groups is 2. The van der Waals surface area contributed by atoms with E-state index in [0.29, 0.717) is 24.2 Å². The molecule has 2 aromatic carbocycles. The first-order chi connectivity index (χ1) is 15.3. The molecule has 0 unspecified atom stereocenters. The van der Waals surface area contributed by atoms with Gasteiger partial charge in [0, 0.05) is 23.0 Å². The smallest absolute Gasteiger partial charge is 0.255 e. The van der Waals surface area contributed by atoms with Gasteiger partial charge in [-0.2, -0.15) is 0 Å². The molecular weight excluding hydrogens is 446 g/mol. The number of sulfonamides is 1. The Bertz CT molecular complexity index is 1170. The lowest BCUT2D eigenvalue weighted by Gasteiger charge is -2.13. The highest BCUT2D eigenvalue weighted by Crippen LogP contribution is 2.18. The Labute approximate surface area is 191 Å². The lowest BCUT2D eigenvalue weighted by atomic mass is 10.1. The van der Waals surface area contributed by atoms with Gasteiger partial charge in [0.25, 0.3) is 11.8 Å². The molecule has 0 fully saturated rings. The third-order valence-corrected chi connectivity index (χ3v) is 6.92. The summed E-state index contributed by atoms with van der Waals surface area (Å²) in [6, 6.07) is 16.2. The first-order valence-corrected chi connectivity index (χ1v) is 12.5. The van der Waals surface area contributed by atoms with Gasteiger partial charge in [-0.25, -0.2) is 13.1 Å². The summed E-state index contributed by atoms with van der Waals surface area (Å²) in [5.74, 6) is -0.727. The van der Waals surface area contributed by atoms with Crippen LogP contribution in [0.25, 0.3) is 0 Å². The molecule has 3 aromatic rings. The number of hydrogen-bond acceptors (Lipinski definition) is 5. The number of thiophene rings is 1. The van der Waals surface area contributed by atoms with Crippen LogP contribution in [0.4, 0.5) is 5.69 Å². The summed E-state index contributed by atoms with van der Waals surface area (Å²) in [5.41, 5.74) is 1.01. The molecule has 0 radical (unpaired) electrons. The van der Waals surface area contributed by atoms with Crippen LogP contribution in [0.15, 0.2) is 70.9 Å². The van der Waals surface area contributed by atoms with Crippen LogP contribution in [0.3, 0.4) is 0 Å². The lowest BCUT2D eigenvalue weighted by Crippen LogP contribution is -2.31. The standard InChI is InChI=1S/C23H25N3O4S2/c1-16(2)25-23(28)20-7-3-4-8-21(20)26-22(27)17-9-11-19(12-10-17)32(29,30)24-14-13-18-6-5-15-31-18/h3-12,15-16,24H,13-14H2,1-2H3,(H,25,28)(H,26,27). The van der Waals surface area contributed by atoms with Crippen molar-refractivity contribution in [3.05, 3.63) is 82.0 Å². The van der Waals surface area contributed by atoms with E-state index in [0.717, 1.165) is 4.88 Å². The van der Waals surface area contributed by atoms with Crippen molar-refractivity contribution in [2.75, 3.05) is 11.9 Å². The number of benzene rings is 2. The van der Waals surface area contributed by atoms with E-state index in [2.05, 4.69) is 15.4 Å². The Morgan fingerprint density at radius 1 is 0.938 bits per heavy atom. The Kier molecular flexibility index (Phi) is 7.79. The largest absolute Gasteiger partial charge is 0.350 e. The Hall–Kier alpha value is -3.01. The number of nitrogens with one attached hydrogen (secondary N) is 3. The molecule has 0 aliphatic carbocycles. The molecule has 0 bridgehead atoms. The zero-order chi connectivity index (χ0) is 23.1. The number of rotatable bonds is 9. The predicted octanol–water partition coefficient (Wildman–Crippen LogP) is 3.66. The summed E-state index contributed by atoms with van der Waals surface area (Å²) in [5, 5.41) is 7.47. The second-order valence-corrected chi connectivity index (χ2v) is 10.2. The van der Waals surface area contributed by atoms with Gasteiger partial charge in [-0.1, -0.05) is 18.2 Å². The quantitative estimate of drug-likeness (QED) is 0.443. The van der Waals surface area contributed by atoms with Gasteiger partial charge in [0.1, 0.15) is 0 Å². The number of para-hydroxylation sites is 1. The number of hydrogen-bond donors (Lipinski definition) is 3. The molecule has 3 rings (SSSR count). The summed E-state index contributed by atoms with van der Waals surface area (Å²) in [6.45, 7) is 4.00. The van der Waals surface area contributed by atoms with Crippen LogP contribution in [-0.4, -0.2) is 32.8 Å². The number of carbonyl (C=O) groups excluding carboxylic acids is 2. The van der Waals surface area contributed by atoms with Crippen LogP contribution in [-0.2, 0) is 16.4 Å². The highest BCUT2D eigenvalue weighted by atomic mass is 32.2. The minimum atomic E-state index is -3.67. The monoisotopic (exact) mass is 471 g/mol. The van der Waals surface area contributed by atoms with Crippen molar-refractivity contribution in [1.82, 2.24) is 10.0 Å². The summed E-state index contributed by atoms with van der Waals surface area (Å²) in [4.78, 5) is 26.2. The van der Waals surface area contributed by atoms with Crippen molar-refractivity contribution in [3.63, 3.8) is 0 Å². The van der Waals surface area contributed by atoms with Crippen molar-refractivity contribution in [3.8, 4) is 0 Å². The van der Waals surface area contributed by atoms with Crippen molar-refractivity contribution in [2.24, 2.45) is 0 Å². The van der Waals surface area contributed by atoms with Gasteiger partial charge in [0.15, 0.2) is 0 Å². The van der Waals surface area contributed by atoms with Crippen molar-refractivity contribution in [2.45, 2.75) is 31.2 Å². The van der Waals surface area contributed by atoms with E-state index in [1.807, 2.05) is 31.4 Å². The Balaban J connectivity index is 1.66. The van der Waals surface area contributed by atoms with Crippen LogP contribution >= 0.6 is 11.3 Å². The van der Waals surface area contributed by atoms with Gasteiger partial charge in [-0.05, 0) is 68.1 Å². The molecule has 9 heteroatoms. The van der Waals surface area contributed by atoms with Crippen LogP contribution in [0, 0.1) is 0 Å². The third-order valence-electron chi connectivity index (χ3n) is 4.51. The average molecular weight is 472 g/mol. The maximum absolute atomic E-state index is 12.7. The molecule has 0 atom stereocenters. The highest BCUT2D eigenvalue weighted by Gasteiger charge is 2.17. The molecular formula is C23H25N3O4S2. The molecule has 0 spiro atoms. The Morgan fingerprint density at radius 2 is 1.66 bits per heavy atom. The lowest BCUT2D eigenvalue weighted by molar-refractivity contribution is 0.0944. The summed E-state index contributed by atoms with van der Waals surface area (Å²) < 4.78 is 27.5. The van der Waals surface area contributed by atoms with Crippen molar-refractivity contribution in [1.29, 1.82) is 0 Å². The second-order valence-electron chi connectivity index (χ2n) is 7.38. The number of anilines is 1. The van der Waals surface area contributed by atoms with Gasteiger partial charge >= 0.3 is 0 Å². The molecule has 2 amide bonds. The zero-order valence-electron chi connectivity index (χ0n) is 17.8. The zero-order valence-corrected chi connectivity index (χ0v) is 19.4. The maximum Gasteiger partial charge on any atom is 0.255 e. The molecule has 1 heterocycles.